The molecule has 1 heteroatoms. The molecule has 0 amide bonds. The first-order valence-corrected chi connectivity index (χ1v) is 6.51. The number of aromatic amines is 1. The van der Waals surface area contributed by atoms with Crippen LogP contribution in [0.1, 0.15) is 23.7 Å². The maximum absolute atomic E-state index is 3.56. The first-order valence-electron chi connectivity index (χ1n) is 6.51. The van der Waals surface area contributed by atoms with Gasteiger partial charge in [-0.25, -0.2) is 0 Å². The minimum atomic E-state index is 0.985. The lowest BCUT2D eigenvalue weighted by atomic mass is 10.0. The van der Waals surface area contributed by atoms with Crippen molar-refractivity contribution in [1.82, 2.24) is 4.98 Å². The van der Waals surface area contributed by atoms with E-state index in [4.69, 9.17) is 0 Å². The molecule has 0 unspecified atom stereocenters. The van der Waals surface area contributed by atoms with E-state index in [1.165, 1.54) is 27.7 Å². The predicted octanol–water partition coefficient (Wildman–Crippen LogP) is 4.32. The summed E-state index contributed by atoms with van der Waals surface area (Å²) in [6.45, 7) is 2.23. The molecule has 3 rings (SSSR count). The van der Waals surface area contributed by atoms with E-state index in [9.17, 15) is 0 Å². The smallest absolute Gasteiger partial charge is 0.0459 e. The Balaban J connectivity index is 2.06. The molecule has 18 heavy (non-hydrogen) atoms. The molecule has 1 nitrogen and oxygen atoms in total. The lowest BCUT2D eigenvalue weighted by Crippen LogP contribution is -1.92. The molecular formula is C17H17N. The molecule has 0 spiro atoms. The highest BCUT2D eigenvalue weighted by atomic mass is 14.7. The summed E-state index contributed by atoms with van der Waals surface area (Å²) < 4.78 is 0. The quantitative estimate of drug-likeness (QED) is 0.696. The number of para-hydroxylation sites is 1. The number of aromatic nitrogens is 1. The van der Waals surface area contributed by atoms with Gasteiger partial charge in [-0.3, -0.25) is 0 Å². The maximum atomic E-state index is 3.56. The Kier molecular flexibility index (Phi) is 2.89. The van der Waals surface area contributed by atoms with Gasteiger partial charge in [0.05, 0.1) is 0 Å². The lowest BCUT2D eigenvalue weighted by molar-refractivity contribution is 1.04. The van der Waals surface area contributed by atoms with Gasteiger partial charge in [0.15, 0.2) is 0 Å². The Labute approximate surface area is 107 Å². The number of nitrogens with one attached hydrogen (secondary N) is 1. The Morgan fingerprint density at radius 3 is 2.39 bits per heavy atom. The van der Waals surface area contributed by atoms with Gasteiger partial charge in [-0.05, 0) is 23.6 Å². The van der Waals surface area contributed by atoms with Crippen LogP contribution in [0.25, 0.3) is 10.9 Å². The third-order valence-corrected chi connectivity index (χ3v) is 3.48. The van der Waals surface area contributed by atoms with Gasteiger partial charge in [0.1, 0.15) is 0 Å². The number of aryl methyl sites for hydroxylation is 1. The van der Waals surface area contributed by atoms with Gasteiger partial charge in [-0.15, -0.1) is 0 Å². The fourth-order valence-electron chi connectivity index (χ4n) is 2.61. The molecule has 0 radical (unpaired) electrons. The number of hydrogen-bond acceptors (Lipinski definition) is 0. The summed E-state index contributed by atoms with van der Waals surface area (Å²) in [6.07, 6.45) is 2.06. The summed E-state index contributed by atoms with van der Waals surface area (Å²) in [7, 11) is 0. The minimum absolute atomic E-state index is 0.985. The minimum Gasteiger partial charge on any atom is -0.358 e. The van der Waals surface area contributed by atoms with E-state index in [1.807, 2.05) is 0 Å². The zero-order valence-corrected chi connectivity index (χ0v) is 10.6. The van der Waals surface area contributed by atoms with Gasteiger partial charge in [0.2, 0.25) is 0 Å². The molecule has 90 valence electrons. The van der Waals surface area contributed by atoms with Crippen molar-refractivity contribution in [3.63, 3.8) is 0 Å². The van der Waals surface area contributed by atoms with Gasteiger partial charge in [-0.1, -0.05) is 55.5 Å². The van der Waals surface area contributed by atoms with E-state index in [0.29, 0.717) is 0 Å². The van der Waals surface area contributed by atoms with Gasteiger partial charge >= 0.3 is 0 Å². The van der Waals surface area contributed by atoms with E-state index < -0.39 is 0 Å². The van der Waals surface area contributed by atoms with Crippen molar-refractivity contribution in [3.05, 3.63) is 71.4 Å². The van der Waals surface area contributed by atoms with E-state index in [1.54, 1.807) is 0 Å². The summed E-state index contributed by atoms with van der Waals surface area (Å²) in [5.41, 5.74) is 5.42. The van der Waals surface area contributed by atoms with Gasteiger partial charge in [0, 0.05) is 23.0 Å². The summed E-state index contributed by atoms with van der Waals surface area (Å²) in [5, 5.41) is 1.37. The lowest BCUT2D eigenvalue weighted by Gasteiger charge is -2.02. The molecule has 0 saturated carbocycles. The molecule has 1 N–H and O–H groups in total. The first kappa shape index (κ1) is 11.1. The highest BCUT2D eigenvalue weighted by Gasteiger charge is 2.09. The molecular weight excluding hydrogens is 218 g/mol. The molecule has 0 bridgehead atoms. The van der Waals surface area contributed by atoms with E-state index in [-0.39, 0.29) is 0 Å². The Morgan fingerprint density at radius 1 is 0.889 bits per heavy atom. The van der Waals surface area contributed by atoms with Gasteiger partial charge in [-0.2, -0.15) is 0 Å². The van der Waals surface area contributed by atoms with Crippen LogP contribution < -0.4 is 0 Å². The van der Waals surface area contributed by atoms with E-state index in [0.717, 1.165) is 12.8 Å². The van der Waals surface area contributed by atoms with E-state index >= 15 is 0 Å². The molecule has 0 aliphatic heterocycles. The van der Waals surface area contributed by atoms with Crippen molar-refractivity contribution in [2.24, 2.45) is 0 Å². The van der Waals surface area contributed by atoms with Crippen molar-refractivity contribution in [3.8, 4) is 0 Å². The third-order valence-electron chi connectivity index (χ3n) is 3.48. The normalized spacial score (nSPS) is 10.9. The molecule has 0 aliphatic carbocycles. The van der Waals surface area contributed by atoms with Gasteiger partial charge in [0.25, 0.3) is 0 Å². The van der Waals surface area contributed by atoms with Crippen LogP contribution in [-0.4, -0.2) is 4.98 Å². The molecule has 1 aromatic heterocycles. The second-order valence-corrected chi connectivity index (χ2v) is 4.64. The van der Waals surface area contributed by atoms with E-state index in [2.05, 4.69) is 66.5 Å². The summed E-state index contributed by atoms with van der Waals surface area (Å²) in [4.78, 5) is 3.56. The molecule has 0 atom stereocenters. The maximum Gasteiger partial charge on any atom is 0.0459 e. The monoisotopic (exact) mass is 235 g/mol. The van der Waals surface area contributed by atoms with Gasteiger partial charge < -0.3 is 4.98 Å². The number of benzene rings is 2. The second kappa shape index (κ2) is 4.69. The third kappa shape index (κ3) is 1.92. The molecule has 3 aromatic rings. The molecule has 2 aromatic carbocycles. The van der Waals surface area contributed by atoms with Crippen LogP contribution in [0.3, 0.4) is 0 Å². The van der Waals surface area contributed by atoms with Crippen LogP contribution in [0.4, 0.5) is 0 Å². The Hall–Kier alpha value is -2.02. The molecule has 0 fully saturated rings. The first-order chi connectivity index (χ1) is 8.88. The fourth-order valence-corrected chi connectivity index (χ4v) is 2.61. The summed E-state index contributed by atoms with van der Waals surface area (Å²) in [5.74, 6) is 0. The SMILES string of the molecule is CCc1c(Cc2ccccc2)[nH]c2ccccc12. The van der Waals surface area contributed by atoms with Crippen LogP contribution in [0.15, 0.2) is 54.6 Å². The highest BCUT2D eigenvalue weighted by Crippen LogP contribution is 2.24. The van der Waals surface area contributed by atoms with Crippen LogP contribution in [0.5, 0.6) is 0 Å². The highest BCUT2D eigenvalue weighted by molar-refractivity contribution is 5.84. The van der Waals surface area contributed by atoms with Crippen LogP contribution >= 0.6 is 0 Å². The molecule has 1 heterocycles. The summed E-state index contributed by atoms with van der Waals surface area (Å²) in [6, 6.07) is 19.2. The fraction of sp³-hybridized carbons (Fsp3) is 0.176. The largest absolute Gasteiger partial charge is 0.358 e. The zero-order chi connectivity index (χ0) is 12.4. The topological polar surface area (TPSA) is 15.8 Å². The average Bonchev–Trinajstić information content (AvgIpc) is 2.77. The summed E-state index contributed by atoms with van der Waals surface area (Å²) >= 11 is 0. The predicted molar refractivity (Wildman–Crippen MR) is 76.9 cm³/mol. The Morgan fingerprint density at radius 2 is 1.61 bits per heavy atom. The van der Waals surface area contributed by atoms with Crippen molar-refractivity contribution in [2.75, 3.05) is 0 Å². The van der Waals surface area contributed by atoms with Crippen LogP contribution in [0.2, 0.25) is 0 Å². The molecule has 0 saturated heterocycles. The number of fused-ring (bicyclic) bond motifs is 1. The zero-order valence-electron chi connectivity index (χ0n) is 10.6. The number of rotatable bonds is 3. The van der Waals surface area contributed by atoms with Crippen molar-refractivity contribution in [1.29, 1.82) is 0 Å². The van der Waals surface area contributed by atoms with Crippen LogP contribution in [-0.2, 0) is 12.8 Å². The van der Waals surface area contributed by atoms with Crippen LogP contribution in [0, 0.1) is 0 Å². The number of H-pyrrole nitrogens is 1. The average molecular weight is 235 g/mol. The standard InChI is InChI=1S/C17H17N/c1-2-14-15-10-6-7-11-16(15)18-17(14)12-13-8-4-3-5-9-13/h3-11,18H,2,12H2,1H3. The molecule has 0 aliphatic rings. The number of hydrogen-bond donors (Lipinski definition) is 1. The van der Waals surface area contributed by atoms with Crippen molar-refractivity contribution in [2.45, 2.75) is 19.8 Å². The Bertz CT molecular complexity index is 650. The van der Waals surface area contributed by atoms with Crippen molar-refractivity contribution < 1.29 is 0 Å². The van der Waals surface area contributed by atoms with Crippen molar-refractivity contribution >= 4 is 10.9 Å². The second-order valence-electron chi connectivity index (χ2n) is 4.64.